The summed E-state index contributed by atoms with van der Waals surface area (Å²) in [5.41, 5.74) is 6.69. The molecule has 0 atom stereocenters. The van der Waals surface area contributed by atoms with Gasteiger partial charge in [-0.25, -0.2) is 9.18 Å². The van der Waals surface area contributed by atoms with Crippen molar-refractivity contribution < 1.29 is 13.9 Å². The van der Waals surface area contributed by atoms with E-state index in [2.05, 4.69) is 22.6 Å². The van der Waals surface area contributed by atoms with Crippen LogP contribution >= 0.6 is 22.6 Å². The molecule has 2 N–H and O–H groups in total. The van der Waals surface area contributed by atoms with Crippen LogP contribution in [0.1, 0.15) is 15.9 Å². The van der Waals surface area contributed by atoms with E-state index in [0.29, 0.717) is 16.8 Å². The summed E-state index contributed by atoms with van der Waals surface area (Å²) in [6, 6.07) is 11.2. The summed E-state index contributed by atoms with van der Waals surface area (Å²) in [5.74, 6) is -0.954. The second-order valence-electron chi connectivity index (χ2n) is 3.90. The summed E-state index contributed by atoms with van der Waals surface area (Å²) in [7, 11) is 0. The lowest BCUT2D eigenvalue weighted by Gasteiger charge is -2.08. The van der Waals surface area contributed by atoms with Crippen LogP contribution in [0.4, 0.5) is 10.1 Å². The smallest absolute Gasteiger partial charge is 0.340 e. The van der Waals surface area contributed by atoms with E-state index in [0.717, 1.165) is 3.57 Å². The highest BCUT2D eigenvalue weighted by Crippen LogP contribution is 2.18. The monoisotopic (exact) mass is 371 g/mol. The van der Waals surface area contributed by atoms with Gasteiger partial charge >= 0.3 is 5.97 Å². The molecule has 19 heavy (non-hydrogen) atoms. The van der Waals surface area contributed by atoms with E-state index in [1.165, 1.54) is 6.07 Å². The number of carbonyl (C=O) groups excluding carboxylic acids is 1. The van der Waals surface area contributed by atoms with E-state index in [4.69, 9.17) is 10.5 Å². The van der Waals surface area contributed by atoms with E-state index in [-0.39, 0.29) is 6.61 Å². The van der Waals surface area contributed by atoms with Crippen molar-refractivity contribution in [1.82, 2.24) is 0 Å². The van der Waals surface area contributed by atoms with Gasteiger partial charge in [0.2, 0.25) is 0 Å². The molecule has 0 aliphatic heterocycles. The summed E-state index contributed by atoms with van der Waals surface area (Å²) in [6.45, 7) is -0.115. The lowest BCUT2D eigenvalue weighted by Crippen LogP contribution is -2.09. The molecule has 0 aliphatic carbocycles. The molecule has 0 heterocycles. The Hall–Kier alpha value is -1.63. The van der Waals surface area contributed by atoms with Crippen LogP contribution in [0, 0.1) is 9.39 Å². The number of benzene rings is 2. The van der Waals surface area contributed by atoms with Crippen molar-refractivity contribution in [1.29, 1.82) is 0 Å². The second-order valence-corrected chi connectivity index (χ2v) is 5.14. The fraction of sp³-hybridized carbons (Fsp3) is 0.0714. The average molecular weight is 371 g/mol. The molecule has 2 rings (SSSR count). The molecule has 0 spiro atoms. The third-order valence-corrected chi connectivity index (χ3v) is 3.22. The molecule has 0 amide bonds. The SMILES string of the molecule is Nc1ccc(I)cc1C(=O)OCc1ccccc1F. The molecule has 2 aromatic carbocycles. The van der Waals surface area contributed by atoms with Crippen LogP contribution < -0.4 is 5.73 Å². The van der Waals surface area contributed by atoms with Gasteiger partial charge in [-0.3, -0.25) is 0 Å². The highest BCUT2D eigenvalue weighted by atomic mass is 127. The van der Waals surface area contributed by atoms with E-state index < -0.39 is 11.8 Å². The zero-order valence-corrected chi connectivity index (χ0v) is 12.1. The van der Waals surface area contributed by atoms with Crippen LogP contribution in [0.25, 0.3) is 0 Å². The zero-order valence-electron chi connectivity index (χ0n) is 9.90. The Bertz CT molecular complexity index is 616. The number of carbonyl (C=O) groups is 1. The van der Waals surface area contributed by atoms with Crippen LogP contribution in [-0.2, 0) is 11.3 Å². The van der Waals surface area contributed by atoms with Gasteiger partial charge in [0.25, 0.3) is 0 Å². The van der Waals surface area contributed by atoms with Crippen molar-refractivity contribution >= 4 is 34.2 Å². The van der Waals surface area contributed by atoms with Gasteiger partial charge in [-0.1, -0.05) is 18.2 Å². The summed E-state index contributed by atoms with van der Waals surface area (Å²) < 4.78 is 19.3. The minimum Gasteiger partial charge on any atom is -0.457 e. The van der Waals surface area contributed by atoms with Crippen LogP contribution in [-0.4, -0.2) is 5.97 Å². The predicted octanol–water partition coefficient (Wildman–Crippen LogP) is 3.37. The molecule has 0 unspecified atom stereocenters. The highest BCUT2D eigenvalue weighted by Gasteiger charge is 2.12. The minimum absolute atomic E-state index is 0.115. The van der Waals surface area contributed by atoms with Crippen LogP contribution in [0.5, 0.6) is 0 Å². The number of nitrogen functional groups attached to an aromatic ring is 1. The standard InChI is InChI=1S/C14H11FINO2/c15-12-4-2-1-3-9(12)8-19-14(18)11-7-10(16)5-6-13(11)17/h1-7H,8,17H2. The number of halogens is 2. The number of hydrogen-bond donors (Lipinski definition) is 1. The maximum absolute atomic E-state index is 13.4. The fourth-order valence-corrected chi connectivity index (χ4v) is 2.03. The number of ether oxygens (including phenoxy) is 1. The summed E-state index contributed by atoms with van der Waals surface area (Å²) in [6.07, 6.45) is 0. The van der Waals surface area contributed by atoms with Crippen LogP contribution in [0.15, 0.2) is 42.5 Å². The summed E-state index contributed by atoms with van der Waals surface area (Å²) in [5, 5.41) is 0. The van der Waals surface area contributed by atoms with Crippen molar-refractivity contribution in [2.75, 3.05) is 5.73 Å². The fourth-order valence-electron chi connectivity index (χ4n) is 1.54. The Kier molecular flexibility index (Phi) is 4.36. The van der Waals surface area contributed by atoms with Gasteiger partial charge in [0.15, 0.2) is 0 Å². The summed E-state index contributed by atoms with van der Waals surface area (Å²) in [4.78, 5) is 11.9. The Balaban J connectivity index is 2.10. The van der Waals surface area contributed by atoms with Gasteiger partial charge in [0, 0.05) is 14.8 Å². The summed E-state index contributed by atoms with van der Waals surface area (Å²) >= 11 is 2.08. The number of hydrogen-bond acceptors (Lipinski definition) is 3. The zero-order chi connectivity index (χ0) is 13.8. The molecular weight excluding hydrogens is 360 g/mol. The first kappa shape index (κ1) is 13.8. The van der Waals surface area contributed by atoms with Crippen LogP contribution in [0.2, 0.25) is 0 Å². The molecule has 0 radical (unpaired) electrons. The molecule has 98 valence electrons. The maximum atomic E-state index is 13.4. The van der Waals surface area contributed by atoms with Crippen molar-refractivity contribution in [2.24, 2.45) is 0 Å². The lowest BCUT2D eigenvalue weighted by atomic mass is 10.2. The van der Waals surface area contributed by atoms with Crippen LogP contribution in [0.3, 0.4) is 0 Å². The van der Waals surface area contributed by atoms with Crippen molar-refractivity contribution in [2.45, 2.75) is 6.61 Å². The van der Waals surface area contributed by atoms with E-state index in [1.807, 2.05) is 0 Å². The Morgan fingerprint density at radius 1 is 1.26 bits per heavy atom. The van der Waals surface area contributed by atoms with Crippen molar-refractivity contribution in [3.05, 3.63) is 63.0 Å². The Labute approximate surface area is 123 Å². The van der Waals surface area contributed by atoms with Gasteiger partial charge in [0.1, 0.15) is 12.4 Å². The van der Waals surface area contributed by atoms with Gasteiger partial charge in [-0.05, 0) is 46.9 Å². The largest absolute Gasteiger partial charge is 0.457 e. The molecule has 2 aromatic rings. The molecule has 0 fully saturated rings. The van der Waals surface area contributed by atoms with Crippen molar-refractivity contribution in [3.8, 4) is 0 Å². The van der Waals surface area contributed by atoms with Gasteiger partial charge in [-0.2, -0.15) is 0 Å². The first-order chi connectivity index (χ1) is 9.08. The molecule has 0 saturated heterocycles. The average Bonchev–Trinajstić information content (AvgIpc) is 2.40. The van der Waals surface area contributed by atoms with Gasteiger partial charge in [-0.15, -0.1) is 0 Å². The van der Waals surface area contributed by atoms with Gasteiger partial charge < -0.3 is 10.5 Å². The molecule has 0 aliphatic rings. The topological polar surface area (TPSA) is 52.3 Å². The predicted molar refractivity (Wildman–Crippen MR) is 79.1 cm³/mol. The number of esters is 1. The highest BCUT2D eigenvalue weighted by molar-refractivity contribution is 14.1. The Morgan fingerprint density at radius 2 is 2.00 bits per heavy atom. The quantitative estimate of drug-likeness (QED) is 0.512. The number of rotatable bonds is 3. The normalized spacial score (nSPS) is 10.2. The first-order valence-corrected chi connectivity index (χ1v) is 6.61. The molecule has 3 nitrogen and oxygen atoms in total. The van der Waals surface area contributed by atoms with E-state index >= 15 is 0 Å². The van der Waals surface area contributed by atoms with Crippen molar-refractivity contribution in [3.63, 3.8) is 0 Å². The molecular formula is C14H11FINO2. The lowest BCUT2D eigenvalue weighted by molar-refractivity contribution is 0.0470. The number of nitrogens with two attached hydrogens (primary N) is 1. The van der Waals surface area contributed by atoms with E-state index in [1.54, 1.807) is 36.4 Å². The minimum atomic E-state index is -0.556. The third-order valence-electron chi connectivity index (χ3n) is 2.55. The second kappa shape index (κ2) is 6.01. The molecule has 5 heteroatoms. The van der Waals surface area contributed by atoms with Gasteiger partial charge in [0.05, 0.1) is 5.56 Å². The molecule has 0 aromatic heterocycles. The Morgan fingerprint density at radius 3 is 2.74 bits per heavy atom. The molecule has 0 bridgehead atoms. The first-order valence-electron chi connectivity index (χ1n) is 5.53. The number of anilines is 1. The third kappa shape index (κ3) is 3.44. The molecule has 0 saturated carbocycles. The van der Waals surface area contributed by atoms with E-state index in [9.17, 15) is 9.18 Å². The maximum Gasteiger partial charge on any atom is 0.340 e.